The molecule has 0 bridgehead atoms. The third kappa shape index (κ3) is 3.62. The second-order valence-electron chi connectivity index (χ2n) is 7.20. The Bertz CT molecular complexity index is 1070. The molecule has 0 N–H and O–H groups in total. The minimum absolute atomic E-state index is 0.305. The van der Waals surface area contributed by atoms with Crippen molar-refractivity contribution in [1.82, 2.24) is 0 Å². The van der Waals surface area contributed by atoms with E-state index in [1.165, 1.54) is 0 Å². The van der Waals surface area contributed by atoms with Crippen LogP contribution in [0.4, 0.5) is 0 Å². The number of carbonyl (C=O) groups is 3. The van der Waals surface area contributed by atoms with Gasteiger partial charge < -0.3 is 0 Å². The molecule has 0 spiro atoms. The quantitative estimate of drug-likeness (QED) is 0.299. The Kier molecular flexibility index (Phi) is 5.67. The number of ketones is 3. The van der Waals surface area contributed by atoms with E-state index in [0.717, 1.165) is 0 Å². The Labute approximate surface area is 181 Å². The van der Waals surface area contributed by atoms with E-state index in [1.807, 2.05) is 0 Å². The van der Waals surface area contributed by atoms with E-state index in [-0.39, 0.29) is 0 Å². The molecule has 0 aliphatic rings. The Hall–Kier alpha value is -4.11. The molecule has 3 nitrogen and oxygen atoms in total. The van der Waals surface area contributed by atoms with Crippen molar-refractivity contribution in [2.24, 2.45) is 0 Å². The second-order valence-corrected chi connectivity index (χ2v) is 7.20. The number of Topliss-reactive ketones (excluding diaryl/α,β-unsaturated/α-hetero) is 3. The van der Waals surface area contributed by atoms with Crippen LogP contribution in [-0.4, -0.2) is 17.3 Å². The summed E-state index contributed by atoms with van der Waals surface area (Å²) in [6, 6.07) is 34.1. The van der Waals surface area contributed by atoms with Gasteiger partial charge in [0.15, 0.2) is 22.8 Å². The molecule has 0 amide bonds. The first-order chi connectivity index (χ1) is 15.2. The summed E-state index contributed by atoms with van der Waals surface area (Å²) >= 11 is 0. The van der Waals surface area contributed by atoms with Crippen LogP contribution < -0.4 is 0 Å². The average molecular weight is 404 g/mol. The average Bonchev–Trinajstić information content (AvgIpc) is 2.86. The zero-order chi connectivity index (χ0) is 21.7. The third-order valence-corrected chi connectivity index (χ3v) is 5.34. The molecular formula is C28H20O3. The fraction of sp³-hybridized carbons (Fsp3) is 0.0357. The summed E-state index contributed by atoms with van der Waals surface area (Å²) in [6.45, 7) is 0. The molecule has 150 valence electrons. The highest BCUT2D eigenvalue weighted by atomic mass is 16.2. The number of rotatable bonds is 7. The van der Waals surface area contributed by atoms with Gasteiger partial charge in [0.05, 0.1) is 0 Å². The number of hydrogen-bond acceptors (Lipinski definition) is 3. The number of hydrogen-bond donors (Lipinski definition) is 0. The van der Waals surface area contributed by atoms with Crippen LogP contribution in [0, 0.1) is 0 Å². The number of benzene rings is 4. The fourth-order valence-electron chi connectivity index (χ4n) is 3.81. The standard InChI is InChI=1S/C28H20O3/c29-25(21-13-5-1-6-14-21)28(24-19-11-4-12-20-24,26(30)22-15-7-2-8-16-22)27(31)23-17-9-3-10-18-23/h1-20H. The Morgan fingerprint density at radius 1 is 0.387 bits per heavy atom. The highest BCUT2D eigenvalue weighted by Crippen LogP contribution is 2.36. The minimum Gasteiger partial charge on any atom is -0.292 e. The van der Waals surface area contributed by atoms with Crippen molar-refractivity contribution in [2.75, 3.05) is 0 Å². The maximum Gasteiger partial charge on any atom is 0.189 e. The van der Waals surface area contributed by atoms with Crippen LogP contribution in [-0.2, 0) is 5.41 Å². The molecule has 4 aromatic rings. The highest BCUT2D eigenvalue weighted by molar-refractivity contribution is 6.40. The molecule has 0 aliphatic heterocycles. The van der Waals surface area contributed by atoms with E-state index in [9.17, 15) is 14.4 Å². The molecule has 4 rings (SSSR count). The van der Waals surface area contributed by atoms with E-state index < -0.39 is 22.8 Å². The van der Waals surface area contributed by atoms with E-state index in [0.29, 0.717) is 22.3 Å². The van der Waals surface area contributed by atoms with Gasteiger partial charge in [-0.15, -0.1) is 0 Å². The molecule has 0 fully saturated rings. The summed E-state index contributed by atoms with van der Waals surface area (Å²) in [5.74, 6) is -1.62. The Morgan fingerprint density at radius 2 is 0.645 bits per heavy atom. The van der Waals surface area contributed by atoms with E-state index in [4.69, 9.17) is 0 Å². The highest BCUT2D eigenvalue weighted by Gasteiger charge is 2.54. The predicted octanol–water partition coefficient (Wildman–Crippen LogP) is 5.57. The van der Waals surface area contributed by atoms with Crippen LogP contribution in [0.15, 0.2) is 121 Å². The van der Waals surface area contributed by atoms with Crippen LogP contribution in [0.1, 0.15) is 36.6 Å². The zero-order valence-electron chi connectivity index (χ0n) is 16.8. The van der Waals surface area contributed by atoms with Gasteiger partial charge >= 0.3 is 0 Å². The molecule has 0 saturated heterocycles. The summed E-state index contributed by atoms with van der Waals surface area (Å²) in [7, 11) is 0. The van der Waals surface area contributed by atoms with E-state index in [1.54, 1.807) is 121 Å². The SMILES string of the molecule is O=C(c1ccccc1)C(C(=O)c1ccccc1)(C(=O)c1ccccc1)c1ccccc1. The smallest absolute Gasteiger partial charge is 0.189 e. The van der Waals surface area contributed by atoms with Crippen LogP contribution in [0.25, 0.3) is 0 Å². The van der Waals surface area contributed by atoms with Crippen LogP contribution in [0.3, 0.4) is 0 Å². The van der Waals surface area contributed by atoms with Crippen molar-refractivity contribution < 1.29 is 14.4 Å². The van der Waals surface area contributed by atoms with Gasteiger partial charge in [-0.25, -0.2) is 0 Å². The van der Waals surface area contributed by atoms with Gasteiger partial charge in [-0.05, 0) is 5.56 Å². The predicted molar refractivity (Wildman–Crippen MR) is 120 cm³/mol. The van der Waals surface area contributed by atoms with Crippen molar-refractivity contribution in [2.45, 2.75) is 5.41 Å². The molecule has 4 aromatic carbocycles. The topological polar surface area (TPSA) is 51.2 Å². The van der Waals surface area contributed by atoms with Crippen LogP contribution >= 0.6 is 0 Å². The first-order valence-electron chi connectivity index (χ1n) is 10.0. The van der Waals surface area contributed by atoms with Crippen LogP contribution in [0.2, 0.25) is 0 Å². The Morgan fingerprint density at radius 3 is 0.935 bits per heavy atom. The first-order valence-corrected chi connectivity index (χ1v) is 10.0. The lowest BCUT2D eigenvalue weighted by Crippen LogP contribution is -2.50. The van der Waals surface area contributed by atoms with Gasteiger partial charge in [-0.1, -0.05) is 121 Å². The summed E-state index contributed by atoms with van der Waals surface area (Å²) in [5.41, 5.74) is -0.767. The normalized spacial score (nSPS) is 11.0. The monoisotopic (exact) mass is 404 g/mol. The van der Waals surface area contributed by atoms with Crippen molar-refractivity contribution >= 4 is 17.3 Å². The van der Waals surface area contributed by atoms with Gasteiger partial charge in [-0.2, -0.15) is 0 Å². The second kappa shape index (κ2) is 8.72. The van der Waals surface area contributed by atoms with Gasteiger partial charge in [0.2, 0.25) is 0 Å². The fourth-order valence-corrected chi connectivity index (χ4v) is 3.81. The van der Waals surface area contributed by atoms with Crippen molar-refractivity contribution in [3.8, 4) is 0 Å². The van der Waals surface area contributed by atoms with Crippen molar-refractivity contribution in [3.63, 3.8) is 0 Å². The molecule has 0 atom stereocenters. The minimum atomic E-state index is -2.04. The third-order valence-electron chi connectivity index (χ3n) is 5.34. The molecule has 0 unspecified atom stereocenters. The summed E-state index contributed by atoms with van der Waals surface area (Å²) < 4.78 is 0. The van der Waals surface area contributed by atoms with Crippen LogP contribution in [0.5, 0.6) is 0 Å². The van der Waals surface area contributed by atoms with E-state index in [2.05, 4.69) is 0 Å². The largest absolute Gasteiger partial charge is 0.292 e. The molecule has 0 radical (unpaired) electrons. The van der Waals surface area contributed by atoms with Gasteiger partial charge in [-0.3, -0.25) is 14.4 Å². The lowest BCUT2D eigenvalue weighted by atomic mass is 9.65. The van der Waals surface area contributed by atoms with E-state index >= 15 is 0 Å². The molecule has 3 heteroatoms. The zero-order valence-corrected chi connectivity index (χ0v) is 16.8. The first kappa shape index (κ1) is 20.2. The lowest BCUT2D eigenvalue weighted by molar-refractivity contribution is 0.0685. The Balaban J connectivity index is 2.05. The maximum absolute atomic E-state index is 14.1. The van der Waals surface area contributed by atoms with Gasteiger partial charge in [0, 0.05) is 16.7 Å². The molecule has 0 aromatic heterocycles. The summed E-state index contributed by atoms with van der Waals surface area (Å²) in [6.07, 6.45) is 0. The molecule has 0 saturated carbocycles. The molecular weight excluding hydrogens is 384 g/mol. The number of carbonyl (C=O) groups excluding carboxylic acids is 3. The summed E-state index contributed by atoms with van der Waals surface area (Å²) in [5, 5.41) is 0. The molecule has 31 heavy (non-hydrogen) atoms. The van der Waals surface area contributed by atoms with Crippen molar-refractivity contribution in [3.05, 3.63) is 144 Å². The van der Waals surface area contributed by atoms with Gasteiger partial charge in [0.1, 0.15) is 0 Å². The lowest BCUT2D eigenvalue weighted by Gasteiger charge is -2.30. The molecule has 0 aliphatic carbocycles. The molecule has 0 heterocycles. The van der Waals surface area contributed by atoms with Gasteiger partial charge in [0.25, 0.3) is 0 Å². The van der Waals surface area contributed by atoms with Crippen molar-refractivity contribution in [1.29, 1.82) is 0 Å². The summed E-state index contributed by atoms with van der Waals surface area (Å²) in [4.78, 5) is 42.2. The maximum atomic E-state index is 14.1.